The van der Waals surface area contributed by atoms with Crippen LogP contribution in [0.5, 0.6) is 11.5 Å². The molecule has 0 saturated heterocycles. The van der Waals surface area contributed by atoms with Gasteiger partial charge in [0.15, 0.2) is 5.58 Å². The molecule has 2 amide bonds. The van der Waals surface area contributed by atoms with Gasteiger partial charge in [-0.2, -0.15) is 0 Å². The molecule has 2 aliphatic rings. The molecule has 3 aromatic rings. The van der Waals surface area contributed by atoms with Crippen molar-refractivity contribution >= 4 is 22.9 Å². The van der Waals surface area contributed by atoms with E-state index in [2.05, 4.69) is 5.32 Å². The third-order valence-electron chi connectivity index (χ3n) is 7.58. The Bertz CT molecular complexity index is 1240. The zero-order valence-corrected chi connectivity index (χ0v) is 20.6. The Kier molecular flexibility index (Phi) is 6.21. The van der Waals surface area contributed by atoms with E-state index in [4.69, 9.17) is 13.9 Å². The highest BCUT2D eigenvalue weighted by Crippen LogP contribution is 2.34. The summed E-state index contributed by atoms with van der Waals surface area (Å²) >= 11 is 0. The molecule has 8 heteroatoms. The Hall–Kier alpha value is -3.42. The van der Waals surface area contributed by atoms with Crippen LogP contribution in [0, 0.1) is 0 Å². The van der Waals surface area contributed by atoms with Gasteiger partial charge >= 0.3 is 0 Å². The number of nitrogens with one attached hydrogen (secondary N) is 1. The van der Waals surface area contributed by atoms with E-state index in [1.54, 1.807) is 31.4 Å². The Morgan fingerprint density at radius 3 is 2.69 bits per heavy atom. The smallest absolute Gasteiger partial charge is 0.271 e. The van der Waals surface area contributed by atoms with Crippen molar-refractivity contribution in [3.8, 4) is 11.5 Å². The number of fused-ring (bicyclic) bond motifs is 3. The number of aromatic nitrogens is 1. The summed E-state index contributed by atoms with van der Waals surface area (Å²) in [5.74, 6) is 1.13. The summed E-state index contributed by atoms with van der Waals surface area (Å²) in [6.45, 7) is 2.63. The first-order chi connectivity index (χ1) is 16.9. The van der Waals surface area contributed by atoms with E-state index in [-0.39, 0.29) is 17.9 Å². The highest BCUT2D eigenvalue weighted by Gasteiger charge is 2.48. The molecular formula is C27H33N3O5. The molecule has 1 aliphatic carbocycles. The van der Waals surface area contributed by atoms with Crippen molar-refractivity contribution in [1.82, 2.24) is 14.8 Å². The van der Waals surface area contributed by atoms with Gasteiger partial charge in [0, 0.05) is 30.8 Å². The number of rotatable bonds is 7. The third-order valence-corrected chi connectivity index (χ3v) is 7.58. The first kappa shape index (κ1) is 23.3. The van der Waals surface area contributed by atoms with E-state index in [1.165, 1.54) is 6.42 Å². The van der Waals surface area contributed by atoms with Crippen LogP contribution < -0.4 is 14.8 Å². The number of hydrogen-bond donors (Lipinski definition) is 1. The zero-order chi connectivity index (χ0) is 24.6. The number of methoxy groups -OCH3 is 2. The molecule has 8 nitrogen and oxygen atoms in total. The van der Waals surface area contributed by atoms with Gasteiger partial charge < -0.3 is 28.7 Å². The molecule has 1 atom stereocenters. The molecule has 0 spiro atoms. The van der Waals surface area contributed by atoms with Crippen molar-refractivity contribution in [2.75, 3.05) is 20.8 Å². The molecule has 1 fully saturated rings. The van der Waals surface area contributed by atoms with Crippen LogP contribution in [0.15, 0.2) is 41.0 Å². The highest BCUT2D eigenvalue weighted by atomic mass is 16.5. The minimum atomic E-state index is -1.04. The van der Waals surface area contributed by atoms with E-state index in [0.29, 0.717) is 42.3 Å². The van der Waals surface area contributed by atoms with E-state index in [1.807, 2.05) is 35.8 Å². The van der Waals surface area contributed by atoms with E-state index in [0.717, 1.165) is 36.8 Å². The normalized spacial score (nSPS) is 20.7. The molecule has 5 rings (SSSR count). The summed E-state index contributed by atoms with van der Waals surface area (Å²) in [5.41, 5.74) is 1.95. The molecule has 1 aromatic carbocycles. The van der Waals surface area contributed by atoms with Crippen LogP contribution in [0.2, 0.25) is 0 Å². The number of amides is 2. The van der Waals surface area contributed by atoms with Crippen molar-refractivity contribution in [2.24, 2.45) is 0 Å². The number of nitrogens with zero attached hydrogens (tertiary/aromatic N) is 2. The molecule has 1 aliphatic heterocycles. The summed E-state index contributed by atoms with van der Waals surface area (Å²) in [6.07, 6.45) is 7.59. The fourth-order valence-electron chi connectivity index (χ4n) is 5.50. The van der Waals surface area contributed by atoms with Crippen LogP contribution in [0.4, 0.5) is 0 Å². The molecule has 0 radical (unpaired) electrons. The van der Waals surface area contributed by atoms with Crippen molar-refractivity contribution in [3.05, 3.63) is 47.9 Å². The largest absolute Gasteiger partial charge is 0.497 e. The summed E-state index contributed by atoms with van der Waals surface area (Å²) in [4.78, 5) is 29.3. The summed E-state index contributed by atoms with van der Waals surface area (Å²) in [5, 5.41) is 3.27. The van der Waals surface area contributed by atoms with Gasteiger partial charge in [0.05, 0.1) is 32.5 Å². The number of carbonyl (C=O) groups is 2. The standard InChI is InChI=1S/C27H33N3O5/c1-27(26(32)28-19-7-5-4-6-8-19)17-29-21-12-14-35-24(21)16-22(29)25(31)30(27)13-11-18-9-10-20(33-2)15-23(18)34-3/h9-10,12,14-16,19H,4-8,11,13,17H2,1-3H3,(H,28,32). The Morgan fingerprint density at radius 1 is 1.14 bits per heavy atom. The van der Waals surface area contributed by atoms with Crippen molar-refractivity contribution in [3.63, 3.8) is 0 Å². The van der Waals surface area contributed by atoms with Gasteiger partial charge in [0.25, 0.3) is 5.91 Å². The molecule has 0 bridgehead atoms. The van der Waals surface area contributed by atoms with Gasteiger partial charge in [-0.25, -0.2) is 0 Å². The van der Waals surface area contributed by atoms with Crippen LogP contribution >= 0.6 is 0 Å². The van der Waals surface area contributed by atoms with E-state index >= 15 is 0 Å². The molecule has 1 unspecified atom stereocenters. The SMILES string of the molecule is COc1ccc(CCN2C(=O)c3cc4occc4n3CC2(C)C(=O)NC2CCCCC2)c(OC)c1. The predicted molar refractivity (Wildman–Crippen MR) is 132 cm³/mol. The first-order valence-electron chi connectivity index (χ1n) is 12.3. The summed E-state index contributed by atoms with van der Waals surface area (Å²) in [7, 11) is 3.23. The van der Waals surface area contributed by atoms with Crippen LogP contribution in [0.1, 0.15) is 55.1 Å². The number of ether oxygens (including phenoxy) is 2. The van der Waals surface area contributed by atoms with Gasteiger partial charge in [-0.05, 0) is 37.8 Å². The average molecular weight is 480 g/mol. The fourth-order valence-corrected chi connectivity index (χ4v) is 5.50. The first-order valence-corrected chi connectivity index (χ1v) is 12.3. The van der Waals surface area contributed by atoms with Gasteiger partial charge in [0.2, 0.25) is 5.91 Å². The molecule has 3 heterocycles. The number of hydrogen-bond acceptors (Lipinski definition) is 5. The molecule has 1 saturated carbocycles. The zero-order valence-electron chi connectivity index (χ0n) is 20.6. The lowest BCUT2D eigenvalue weighted by Crippen LogP contribution is -2.65. The van der Waals surface area contributed by atoms with Crippen LogP contribution in [-0.4, -0.2) is 53.6 Å². The Morgan fingerprint density at radius 2 is 1.94 bits per heavy atom. The predicted octanol–water partition coefficient (Wildman–Crippen LogP) is 4.16. The maximum absolute atomic E-state index is 13.8. The quantitative estimate of drug-likeness (QED) is 0.550. The highest BCUT2D eigenvalue weighted by molar-refractivity contribution is 6.03. The van der Waals surface area contributed by atoms with Crippen LogP contribution in [0.25, 0.3) is 11.1 Å². The topological polar surface area (TPSA) is 85.9 Å². The molecule has 2 aromatic heterocycles. The molecule has 1 N–H and O–H groups in total. The number of furan rings is 1. The van der Waals surface area contributed by atoms with Crippen LogP contribution in [0.3, 0.4) is 0 Å². The molecule has 186 valence electrons. The maximum Gasteiger partial charge on any atom is 0.271 e. The van der Waals surface area contributed by atoms with Gasteiger partial charge in [-0.15, -0.1) is 0 Å². The van der Waals surface area contributed by atoms with Crippen molar-refractivity contribution in [2.45, 2.75) is 63.6 Å². The summed E-state index contributed by atoms with van der Waals surface area (Å²) < 4.78 is 18.4. The lowest BCUT2D eigenvalue weighted by Gasteiger charge is -2.45. The van der Waals surface area contributed by atoms with Crippen molar-refractivity contribution in [1.29, 1.82) is 0 Å². The lowest BCUT2D eigenvalue weighted by atomic mass is 9.91. The lowest BCUT2D eigenvalue weighted by molar-refractivity contribution is -0.133. The average Bonchev–Trinajstić information content (AvgIpc) is 3.47. The van der Waals surface area contributed by atoms with Gasteiger partial charge in [-0.1, -0.05) is 25.3 Å². The minimum Gasteiger partial charge on any atom is -0.497 e. The van der Waals surface area contributed by atoms with E-state index < -0.39 is 5.54 Å². The fraction of sp³-hybridized carbons (Fsp3) is 0.481. The maximum atomic E-state index is 13.8. The van der Waals surface area contributed by atoms with Crippen LogP contribution in [-0.2, 0) is 17.8 Å². The number of benzene rings is 1. The third kappa shape index (κ3) is 4.15. The minimum absolute atomic E-state index is 0.101. The van der Waals surface area contributed by atoms with Gasteiger partial charge in [0.1, 0.15) is 22.7 Å². The Labute approximate surface area is 205 Å². The summed E-state index contributed by atoms with van der Waals surface area (Å²) in [6, 6.07) is 9.44. The monoisotopic (exact) mass is 479 g/mol. The van der Waals surface area contributed by atoms with E-state index in [9.17, 15) is 9.59 Å². The van der Waals surface area contributed by atoms with Gasteiger partial charge in [-0.3, -0.25) is 9.59 Å². The Balaban J connectivity index is 1.46. The second-order valence-corrected chi connectivity index (χ2v) is 9.75. The second kappa shape index (κ2) is 9.32. The molecule has 35 heavy (non-hydrogen) atoms. The molecular weight excluding hydrogens is 446 g/mol. The number of carbonyl (C=O) groups excluding carboxylic acids is 2. The second-order valence-electron chi connectivity index (χ2n) is 9.75. The van der Waals surface area contributed by atoms with Crippen molar-refractivity contribution < 1.29 is 23.5 Å².